The molecule has 0 aliphatic heterocycles. The molecule has 0 aromatic heterocycles. The fraction of sp³-hybridized carbons (Fsp3) is 0.667. The molecule has 1 nitrogen and oxygen atoms in total. The summed E-state index contributed by atoms with van der Waals surface area (Å²) in [5.74, 6) is -0.0640. The van der Waals surface area contributed by atoms with Crippen molar-refractivity contribution >= 4 is 29.0 Å². The average molecular weight is 125 g/mol. The van der Waals surface area contributed by atoms with Crippen molar-refractivity contribution < 1.29 is 4.79 Å². The second-order valence-corrected chi connectivity index (χ2v) is 2.79. The van der Waals surface area contributed by atoms with Crippen molar-refractivity contribution in [3.8, 4) is 0 Å². The number of hydrogen-bond donors (Lipinski definition) is 0. The van der Waals surface area contributed by atoms with Gasteiger partial charge in [0.15, 0.2) is 10.1 Å². The van der Waals surface area contributed by atoms with E-state index in [0.717, 1.165) is 0 Å². The molecule has 3 heteroatoms. The zero-order chi connectivity index (χ0) is 4.78. The van der Waals surface area contributed by atoms with Crippen LogP contribution < -0.4 is 0 Å². The van der Waals surface area contributed by atoms with E-state index in [2.05, 4.69) is 0 Å². The van der Waals surface area contributed by atoms with Gasteiger partial charge in [0.05, 0.1) is 0 Å². The maximum absolute atomic E-state index is 9.94. The summed E-state index contributed by atoms with van der Waals surface area (Å²) >= 11 is 10.4. The second kappa shape index (κ2) is 0.903. The number of alkyl halides is 2. The van der Waals surface area contributed by atoms with Gasteiger partial charge in [-0.15, -0.1) is 0 Å². The Morgan fingerprint density at radius 3 is 1.83 bits per heavy atom. The minimum Gasteiger partial charge on any atom is -0.296 e. The predicted octanol–water partition coefficient (Wildman–Crippen LogP) is 1.13. The van der Waals surface area contributed by atoms with Crippen LogP contribution in [-0.2, 0) is 4.79 Å². The number of halogens is 2. The summed E-state index contributed by atoms with van der Waals surface area (Å²) in [7, 11) is 0. The van der Waals surface area contributed by atoms with Crippen molar-refractivity contribution in [2.75, 3.05) is 0 Å². The highest BCUT2D eigenvalue weighted by atomic mass is 35.5. The van der Waals surface area contributed by atoms with E-state index in [1.807, 2.05) is 0 Å². The van der Waals surface area contributed by atoms with Crippen LogP contribution in [0.1, 0.15) is 6.42 Å². The molecule has 0 unspecified atom stereocenters. The first-order valence-electron chi connectivity index (χ1n) is 1.54. The van der Waals surface area contributed by atoms with E-state index in [1.165, 1.54) is 0 Å². The summed E-state index contributed by atoms with van der Waals surface area (Å²) < 4.78 is -0.986. The van der Waals surface area contributed by atoms with E-state index in [0.29, 0.717) is 6.42 Å². The summed E-state index contributed by atoms with van der Waals surface area (Å²) in [6.07, 6.45) is 0.329. The van der Waals surface area contributed by atoms with E-state index in [-0.39, 0.29) is 5.78 Å². The first kappa shape index (κ1) is 4.41. The zero-order valence-electron chi connectivity index (χ0n) is 2.87. The van der Waals surface area contributed by atoms with Crippen LogP contribution in [0.15, 0.2) is 0 Å². The van der Waals surface area contributed by atoms with Gasteiger partial charge in [-0.25, -0.2) is 0 Å². The van der Waals surface area contributed by atoms with Gasteiger partial charge in [0.25, 0.3) is 0 Å². The average Bonchev–Trinajstić information content (AvgIpc) is 1.73. The number of hydrogen-bond acceptors (Lipinski definition) is 1. The van der Waals surface area contributed by atoms with Gasteiger partial charge in [0.2, 0.25) is 0 Å². The summed E-state index contributed by atoms with van der Waals surface area (Å²) in [6.45, 7) is 0. The maximum atomic E-state index is 9.94. The first-order chi connectivity index (χ1) is 2.63. The molecule has 1 saturated carbocycles. The second-order valence-electron chi connectivity index (χ2n) is 1.30. The van der Waals surface area contributed by atoms with Gasteiger partial charge in [0.1, 0.15) is 0 Å². The maximum Gasteiger partial charge on any atom is 0.183 e. The third kappa shape index (κ3) is 0.525. The summed E-state index contributed by atoms with van der Waals surface area (Å²) in [5.41, 5.74) is 0. The molecular formula is C3H2Cl2O. The van der Waals surface area contributed by atoms with Gasteiger partial charge in [-0.2, -0.15) is 0 Å². The minimum absolute atomic E-state index is 0.0640. The largest absolute Gasteiger partial charge is 0.296 e. The van der Waals surface area contributed by atoms with Crippen LogP contribution in [0.4, 0.5) is 0 Å². The Kier molecular flexibility index (Phi) is 0.663. The molecule has 0 spiro atoms. The Bertz CT molecular complexity index is 97.0. The van der Waals surface area contributed by atoms with Crippen molar-refractivity contribution in [2.45, 2.75) is 10.8 Å². The number of rotatable bonds is 0. The Morgan fingerprint density at radius 1 is 1.67 bits per heavy atom. The molecule has 1 fully saturated rings. The van der Waals surface area contributed by atoms with Crippen LogP contribution in [0.3, 0.4) is 0 Å². The van der Waals surface area contributed by atoms with Gasteiger partial charge >= 0.3 is 0 Å². The van der Waals surface area contributed by atoms with Gasteiger partial charge < -0.3 is 0 Å². The molecule has 0 aromatic carbocycles. The highest BCUT2D eigenvalue weighted by Gasteiger charge is 2.50. The first-order valence-corrected chi connectivity index (χ1v) is 2.30. The number of carbonyl (C=O) groups is 1. The predicted molar refractivity (Wildman–Crippen MR) is 24.1 cm³/mol. The molecule has 34 valence electrons. The highest BCUT2D eigenvalue weighted by Crippen LogP contribution is 2.41. The van der Waals surface area contributed by atoms with Crippen LogP contribution >= 0.6 is 23.2 Å². The highest BCUT2D eigenvalue weighted by molar-refractivity contribution is 6.65. The van der Waals surface area contributed by atoms with Gasteiger partial charge in [-0.1, -0.05) is 23.2 Å². The Hall–Kier alpha value is 0.250. The summed E-state index contributed by atoms with van der Waals surface area (Å²) in [5, 5.41) is 0. The minimum atomic E-state index is -0.986. The number of carbonyl (C=O) groups excluding carboxylic acids is 1. The van der Waals surface area contributed by atoms with Crippen LogP contribution in [0, 0.1) is 0 Å². The zero-order valence-corrected chi connectivity index (χ0v) is 4.38. The molecule has 1 aliphatic rings. The molecular weight excluding hydrogens is 123 g/mol. The summed E-state index contributed by atoms with van der Waals surface area (Å²) in [6, 6.07) is 0. The van der Waals surface area contributed by atoms with Crippen LogP contribution in [0.2, 0.25) is 0 Å². The lowest BCUT2D eigenvalue weighted by Crippen LogP contribution is -1.83. The Labute approximate surface area is 45.2 Å². The van der Waals surface area contributed by atoms with Crippen molar-refractivity contribution in [1.82, 2.24) is 0 Å². The SMILES string of the molecule is O=C1CC1(Cl)Cl. The monoisotopic (exact) mass is 124 g/mol. The molecule has 0 bridgehead atoms. The molecule has 0 radical (unpaired) electrons. The van der Waals surface area contributed by atoms with E-state index in [1.54, 1.807) is 0 Å². The molecule has 0 N–H and O–H groups in total. The fourth-order valence-corrected chi connectivity index (χ4v) is 0.400. The molecule has 6 heavy (non-hydrogen) atoms. The Balaban J connectivity index is 2.63. The van der Waals surface area contributed by atoms with Crippen molar-refractivity contribution in [2.24, 2.45) is 0 Å². The molecule has 1 rings (SSSR count). The van der Waals surface area contributed by atoms with Gasteiger partial charge in [-0.3, -0.25) is 4.79 Å². The lowest BCUT2D eigenvalue weighted by Gasteiger charge is -1.76. The number of Topliss-reactive ketones (excluding diaryl/α,β-unsaturated/α-hetero) is 1. The van der Waals surface area contributed by atoms with Gasteiger partial charge in [-0.05, 0) is 0 Å². The molecule has 0 heterocycles. The van der Waals surface area contributed by atoms with Crippen LogP contribution in [0.25, 0.3) is 0 Å². The van der Waals surface area contributed by atoms with Crippen LogP contribution in [0.5, 0.6) is 0 Å². The lowest BCUT2D eigenvalue weighted by molar-refractivity contribution is -0.110. The van der Waals surface area contributed by atoms with E-state index >= 15 is 0 Å². The van der Waals surface area contributed by atoms with E-state index in [9.17, 15) is 4.79 Å². The van der Waals surface area contributed by atoms with Crippen molar-refractivity contribution in [1.29, 1.82) is 0 Å². The lowest BCUT2D eigenvalue weighted by atomic mass is 10.9. The summed E-state index contributed by atoms with van der Waals surface area (Å²) in [4.78, 5) is 9.94. The van der Waals surface area contributed by atoms with Crippen molar-refractivity contribution in [3.05, 3.63) is 0 Å². The Morgan fingerprint density at radius 2 is 1.83 bits per heavy atom. The quantitative estimate of drug-likeness (QED) is 0.443. The van der Waals surface area contributed by atoms with E-state index in [4.69, 9.17) is 23.2 Å². The molecule has 0 amide bonds. The smallest absolute Gasteiger partial charge is 0.183 e. The number of ketones is 1. The van der Waals surface area contributed by atoms with Crippen LogP contribution in [-0.4, -0.2) is 10.1 Å². The fourth-order valence-electron chi connectivity index (χ4n) is 0.157. The van der Waals surface area contributed by atoms with Crippen molar-refractivity contribution in [3.63, 3.8) is 0 Å². The molecule has 1 aliphatic carbocycles. The molecule has 0 aromatic rings. The topological polar surface area (TPSA) is 17.1 Å². The van der Waals surface area contributed by atoms with Gasteiger partial charge in [0, 0.05) is 6.42 Å². The third-order valence-corrected chi connectivity index (χ3v) is 1.35. The normalized spacial score (nSPS) is 27.3. The third-order valence-electron chi connectivity index (χ3n) is 0.666. The van der Waals surface area contributed by atoms with E-state index < -0.39 is 4.33 Å². The standard InChI is InChI=1S/C3H2Cl2O/c4-3(5)1-2(3)6/h1H2. The molecule has 0 saturated heterocycles. The molecule has 0 atom stereocenters.